The molecule has 0 fully saturated rings. The van der Waals surface area contributed by atoms with Gasteiger partial charge in [0.2, 0.25) is 23.6 Å². The van der Waals surface area contributed by atoms with E-state index in [9.17, 15) is 19.2 Å². The lowest BCUT2D eigenvalue weighted by Crippen LogP contribution is -2.53. The molecular formula is C66H132N6O4. The summed E-state index contributed by atoms with van der Waals surface area (Å²) in [6, 6.07) is -0.949. The molecule has 2 N–H and O–H groups in total. The number of amides is 4. The zero-order valence-electron chi connectivity index (χ0n) is 52.7. The number of hydrogen-bond donors (Lipinski definition) is 2. The Bertz CT molecular complexity index is 1230. The van der Waals surface area contributed by atoms with E-state index in [1.165, 1.54) is 193 Å². The van der Waals surface area contributed by atoms with Crippen molar-refractivity contribution in [3.05, 3.63) is 0 Å². The highest BCUT2D eigenvalue weighted by Gasteiger charge is 2.33. The first kappa shape index (κ1) is 73.8. The van der Waals surface area contributed by atoms with E-state index in [0.717, 1.165) is 77.3 Å². The molecule has 0 saturated carbocycles. The molecule has 0 saturated heterocycles. The van der Waals surface area contributed by atoms with E-state index in [1.807, 2.05) is 9.80 Å². The maximum atomic E-state index is 13.8. The maximum absolute atomic E-state index is 13.8. The predicted octanol–water partition coefficient (Wildman–Crippen LogP) is 16.5. The molecule has 76 heavy (non-hydrogen) atoms. The van der Waals surface area contributed by atoms with Gasteiger partial charge < -0.3 is 30.2 Å². The van der Waals surface area contributed by atoms with Gasteiger partial charge in [-0.2, -0.15) is 0 Å². The van der Waals surface area contributed by atoms with Crippen molar-refractivity contribution in [1.29, 1.82) is 0 Å². The molecule has 0 radical (unpaired) electrons. The second kappa shape index (κ2) is 53.4. The fraction of sp³-hybridized carbons (Fsp3) is 0.939. The average Bonchev–Trinajstić information content (AvgIpc) is 3.37. The molecule has 0 bridgehead atoms. The van der Waals surface area contributed by atoms with Crippen molar-refractivity contribution in [3.8, 4) is 0 Å². The molecular weight excluding hydrogens is 941 g/mol. The standard InChI is InChI=1S/C66H132N6O4/c1-11-13-15-17-19-21-23-25-27-29-31-33-35-37-39-41-45-51-61(73)71(57-49-55-69(7)8)63(59(3)4)65(75)67-53-47-43-44-48-54-68-66(76)64(60(5)6)72(58-50-56-70(9)10)62(74)52-46-42-40-38-36-34-32-30-28-26-24-22-20-18-16-14-12-2/h59-60,63-64H,11-58H2,1-10H3,(H,67,75)(H,68,76). The summed E-state index contributed by atoms with van der Waals surface area (Å²) in [5, 5.41) is 6.40. The zero-order chi connectivity index (χ0) is 56.3. The van der Waals surface area contributed by atoms with Gasteiger partial charge >= 0.3 is 0 Å². The summed E-state index contributed by atoms with van der Waals surface area (Å²) in [5.41, 5.74) is 0. The first-order chi connectivity index (χ1) is 36.8. The normalized spacial score (nSPS) is 12.6. The molecule has 10 nitrogen and oxygen atoms in total. The monoisotopic (exact) mass is 1070 g/mol. The smallest absolute Gasteiger partial charge is 0.243 e. The van der Waals surface area contributed by atoms with E-state index in [-0.39, 0.29) is 35.5 Å². The number of carbonyl (C=O) groups excluding carboxylic acids is 4. The second-order valence-electron chi connectivity index (χ2n) is 24.7. The highest BCUT2D eigenvalue weighted by Crippen LogP contribution is 2.21. The SMILES string of the molecule is CCCCCCCCCCCCCCCCCCCC(=O)N(CCCN(C)C)C(C(=O)NCCCCCCNC(=O)C(C(C)C)N(CCCN(C)C)C(=O)CCCCCCCCCCCCCCCCCCC)C(C)C. The van der Waals surface area contributed by atoms with Gasteiger partial charge in [-0.25, -0.2) is 0 Å². The van der Waals surface area contributed by atoms with E-state index in [1.54, 1.807) is 0 Å². The summed E-state index contributed by atoms with van der Waals surface area (Å²) in [6.07, 6.45) is 51.0. The third-order valence-corrected chi connectivity index (χ3v) is 15.8. The number of nitrogens with zero attached hydrogens (tertiary/aromatic N) is 4. The molecule has 0 aliphatic carbocycles. The van der Waals surface area contributed by atoms with Crippen molar-refractivity contribution in [3.63, 3.8) is 0 Å². The molecule has 2 unspecified atom stereocenters. The Morgan fingerprint density at radius 3 is 0.750 bits per heavy atom. The molecule has 0 heterocycles. The number of hydrogen-bond acceptors (Lipinski definition) is 6. The molecule has 10 heteroatoms. The minimum atomic E-state index is -0.474. The van der Waals surface area contributed by atoms with E-state index >= 15 is 0 Å². The van der Waals surface area contributed by atoms with Crippen LogP contribution in [0.25, 0.3) is 0 Å². The summed E-state index contributed by atoms with van der Waals surface area (Å²) >= 11 is 0. The average molecular weight is 1070 g/mol. The van der Waals surface area contributed by atoms with Crippen LogP contribution in [0.4, 0.5) is 0 Å². The first-order valence-electron chi connectivity index (χ1n) is 33.2. The zero-order valence-corrected chi connectivity index (χ0v) is 52.7. The molecule has 0 aromatic rings. The Kier molecular flexibility index (Phi) is 51.9. The van der Waals surface area contributed by atoms with Crippen molar-refractivity contribution >= 4 is 23.6 Å². The van der Waals surface area contributed by atoms with Crippen LogP contribution in [0.15, 0.2) is 0 Å². The van der Waals surface area contributed by atoms with Crippen LogP contribution in [0.3, 0.4) is 0 Å². The molecule has 4 amide bonds. The van der Waals surface area contributed by atoms with Crippen molar-refractivity contribution in [1.82, 2.24) is 30.2 Å². The van der Waals surface area contributed by atoms with E-state index in [4.69, 9.17) is 0 Å². The molecule has 0 aromatic carbocycles. The van der Waals surface area contributed by atoms with E-state index in [2.05, 4.69) is 90.2 Å². The van der Waals surface area contributed by atoms with E-state index in [0.29, 0.717) is 39.0 Å². The van der Waals surface area contributed by atoms with Gasteiger partial charge in [0.15, 0.2) is 0 Å². The van der Waals surface area contributed by atoms with Gasteiger partial charge in [0.05, 0.1) is 0 Å². The Balaban J connectivity index is 4.75. The summed E-state index contributed by atoms with van der Waals surface area (Å²) in [6.45, 7) is 16.9. The van der Waals surface area contributed by atoms with Crippen molar-refractivity contribution in [2.24, 2.45) is 11.8 Å². The number of carbonyl (C=O) groups is 4. The van der Waals surface area contributed by atoms with Gasteiger partial charge in [-0.05, 0) is 91.6 Å². The molecule has 0 spiro atoms. The van der Waals surface area contributed by atoms with Crippen LogP contribution in [0.1, 0.15) is 311 Å². The lowest BCUT2D eigenvalue weighted by molar-refractivity contribution is -0.142. The summed E-state index contributed by atoms with van der Waals surface area (Å²) in [4.78, 5) is 63.3. The van der Waals surface area contributed by atoms with Crippen LogP contribution < -0.4 is 10.6 Å². The van der Waals surface area contributed by atoms with Crippen LogP contribution in [-0.4, -0.2) is 123 Å². The quantitative estimate of drug-likeness (QED) is 0.0588. The Hall–Kier alpha value is -2.20. The largest absolute Gasteiger partial charge is 0.354 e. The lowest BCUT2D eigenvalue weighted by Gasteiger charge is -2.34. The number of nitrogens with one attached hydrogen (secondary N) is 2. The second-order valence-corrected chi connectivity index (χ2v) is 24.7. The van der Waals surface area contributed by atoms with E-state index < -0.39 is 12.1 Å². The van der Waals surface area contributed by atoms with Gasteiger partial charge in [0, 0.05) is 39.0 Å². The topological polar surface area (TPSA) is 105 Å². The maximum Gasteiger partial charge on any atom is 0.243 e. The highest BCUT2D eigenvalue weighted by molar-refractivity contribution is 5.88. The molecule has 2 atom stereocenters. The van der Waals surface area contributed by atoms with Gasteiger partial charge in [-0.3, -0.25) is 19.2 Å². The minimum Gasteiger partial charge on any atom is -0.354 e. The lowest BCUT2D eigenvalue weighted by atomic mass is 9.99. The summed E-state index contributed by atoms with van der Waals surface area (Å²) in [7, 11) is 8.22. The first-order valence-corrected chi connectivity index (χ1v) is 33.2. The summed E-state index contributed by atoms with van der Waals surface area (Å²) in [5.74, 6) is 0.165. The molecule has 0 aliphatic rings. The van der Waals surface area contributed by atoms with Crippen LogP contribution >= 0.6 is 0 Å². The van der Waals surface area contributed by atoms with Crippen LogP contribution in [0, 0.1) is 11.8 Å². The van der Waals surface area contributed by atoms with Crippen LogP contribution in [0.2, 0.25) is 0 Å². The van der Waals surface area contributed by atoms with Gasteiger partial charge in [0.1, 0.15) is 12.1 Å². The fourth-order valence-electron chi connectivity index (χ4n) is 11.1. The van der Waals surface area contributed by atoms with Crippen LogP contribution in [-0.2, 0) is 19.2 Å². The van der Waals surface area contributed by atoms with Gasteiger partial charge in [-0.1, -0.05) is 260 Å². The Morgan fingerprint density at radius 2 is 0.526 bits per heavy atom. The molecule has 0 aromatic heterocycles. The third-order valence-electron chi connectivity index (χ3n) is 15.8. The fourth-order valence-corrected chi connectivity index (χ4v) is 11.1. The molecule has 0 aliphatic heterocycles. The predicted molar refractivity (Wildman–Crippen MR) is 329 cm³/mol. The van der Waals surface area contributed by atoms with Crippen molar-refractivity contribution < 1.29 is 19.2 Å². The Morgan fingerprint density at radius 1 is 0.303 bits per heavy atom. The number of unbranched alkanes of at least 4 members (excludes halogenated alkanes) is 35. The minimum absolute atomic E-state index is 0.0139. The Labute approximate surface area is 473 Å². The molecule has 0 rings (SSSR count). The van der Waals surface area contributed by atoms with Crippen molar-refractivity contribution in [2.75, 3.05) is 67.5 Å². The third kappa shape index (κ3) is 43.7. The number of rotatable bonds is 57. The van der Waals surface area contributed by atoms with Gasteiger partial charge in [0.25, 0.3) is 0 Å². The summed E-state index contributed by atoms with van der Waals surface area (Å²) < 4.78 is 0. The van der Waals surface area contributed by atoms with Gasteiger partial charge in [-0.15, -0.1) is 0 Å². The van der Waals surface area contributed by atoms with Crippen LogP contribution in [0.5, 0.6) is 0 Å². The highest BCUT2D eigenvalue weighted by atomic mass is 16.2. The molecule has 450 valence electrons. The van der Waals surface area contributed by atoms with Crippen molar-refractivity contribution in [2.45, 2.75) is 323 Å².